The SMILES string of the molecule is Cn1ccnc1CCSc1nnnn1CCO. The lowest BCUT2D eigenvalue weighted by molar-refractivity contribution is 0.262. The molecule has 0 fully saturated rings. The standard InChI is InChI=1S/C9H14N6OS/c1-14-4-3-10-8(14)2-7-17-9-11-12-13-15(9)5-6-16/h3-4,16H,2,5-7H2,1H3. The molecular weight excluding hydrogens is 240 g/mol. The van der Waals surface area contributed by atoms with Gasteiger partial charge in [-0.25, -0.2) is 9.67 Å². The highest BCUT2D eigenvalue weighted by atomic mass is 32.2. The van der Waals surface area contributed by atoms with Gasteiger partial charge in [0.15, 0.2) is 0 Å². The molecule has 0 aliphatic carbocycles. The Bertz CT molecular complexity index is 468. The van der Waals surface area contributed by atoms with Crippen molar-refractivity contribution in [3.05, 3.63) is 18.2 Å². The van der Waals surface area contributed by atoms with Crippen LogP contribution in [0.15, 0.2) is 17.6 Å². The monoisotopic (exact) mass is 254 g/mol. The van der Waals surface area contributed by atoms with Gasteiger partial charge in [0.2, 0.25) is 5.16 Å². The molecule has 0 aliphatic heterocycles. The Labute approximate surface area is 103 Å². The minimum Gasteiger partial charge on any atom is -0.394 e. The molecule has 0 saturated carbocycles. The second-order valence-electron chi connectivity index (χ2n) is 3.46. The van der Waals surface area contributed by atoms with Crippen molar-refractivity contribution in [1.29, 1.82) is 0 Å². The molecule has 2 heterocycles. The summed E-state index contributed by atoms with van der Waals surface area (Å²) in [7, 11) is 1.98. The maximum atomic E-state index is 8.84. The van der Waals surface area contributed by atoms with E-state index >= 15 is 0 Å². The number of tetrazole rings is 1. The lowest BCUT2D eigenvalue weighted by atomic mass is 10.4. The van der Waals surface area contributed by atoms with Gasteiger partial charge in [-0.1, -0.05) is 11.8 Å². The number of aliphatic hydroxyl groups excluding tert-OH is 1. The molecule has 1 N–H and O–H groups in total. The summed E-state index contributed by atoms with van der Waals surface area (Å²) in [6.45, 7) is 0.468. The zero-order chi connectivity index (χ0) is 12.1. The number of hydrogen-bond donors (Lipinski definition) is 1. The molecule has 0 aliphatic rings. The number of nitrogens with zero attached hydrogens (tertiary/aromatic N) is 6. The van der Waals surface area contributed by atoms with Gasteiger partial charge in [-0.3, -0.25) is 0 Å². The van der Waals surface area contributed by atoms with Gasteiger partial charge in [-0.2, -0.15) is 0 Å². The van der Waals surface area contributed by atoms with Gasteiger partial charge in [-0.05, 0) is 10.4 Å². The van der Waals surface area contributed by atoms with E-state index in [9.17, 15) is 0 Å². The second-order valence-corrected chi connectivity index (χ2v) is 4.52. The number of hydrogen-bond acceptors (Lipinski definition) is 6. The van der Waals surface area contributed by atoms with Crippen molar-refractivity contribution < 1.29 is 5.11 Å². The molecule has 0 aromatic carbocycles. The van der Waals surface area contributed by atoms with Crippen LogP contribution in [0, 0.1) is 0 Å². The third-order valence-electron chi connectivity index (χ3n) is 2.29. The van der Waals surface area contributed by atoms with Crippen LogP contribution in [0.2, 0.25) is 0 Å². The van der Waals surface area contributed by atoms with Crippen LogP contribution < -0.4 is 0 Å². The van der Waals surface area contributed by atoms with Crippen LogP contribution in [-0.4, -0.2) is 47.2 Å². The van der Waals surface area contributed by atoms with E-state index in [4.69, 9.17) is 5.11 Å². The van der Waals surface area contributed by atoms with E-state index < -0.39 is 0 Å². The smallest absolute Gasteiger partial charge is 0.209 e. The van der Waals surface area contributed by atoms with Crippen LogP contribution >= 0.6 is 11.8 Å². The third kappa shape index (κ3) is 3.04. The van der Waals surface area contributed by atoms with E-state index in [1.54, 1.807) is 22.6 Å². The average molecular weight is 254 g/mol. The summed E-state index contributed by atoms with van der Waals surface area (Å²) < 4.78 is 3.60. The number of rotatable bonds is 6. The Morgan fingerprint density at radius 2 is 2.35 bits per heavy atom. The molecule has 92 valence electrons. The first-order chi connectivity index (χ1) is 8.31. The molecule has 2 aromatic heterocycles. The predicted octanol–water partition coefficient (Wildman–Crippen LogP) is -0.266. The van der Waals surface area contributed by atoms with Crippen molar-refractivity contribution >= 4 is 11.8 Å². The van der Waals surface area contributed by atoms with Gasteiger partial charge in [0, 0.05) is 31.6 Å². The number of aromatic nitrogens is 6. The molecule has 2 rings (SSSR count). The molecule has 0 bridgehead atoms. The molecule has 0 saturated heterocycles. The first-order valence-corrected chi connectivity index (χ1v) is 6.26. The van der Waals surface area contributed by atoms with Gasteiger partial charge < -0.3 is 9.67 Å². The van der Waals surface area contributed by atoms with Gasteiger partial charge in [0.25, 0.3) is 0 Å². The largest absolute Gasteiger partial charge is 0.394 e. The van der Waals surface area contributed by atoms with Crippen molar-refractivity contribution in [3.63, 3.8) is 0 Å². The predicted molar refractivity (Wildman–Crippen MR) is 62.5 cm³/mol. The second kappa shape index (κ2) is 5.78. The Morgan fingerprint density at radius 1 is 1.47 bits per heavy atom. The van der Waals surface area contributed by atoms with Crippen LogP contribution in [0.1, 0.15) is 5.82 Å². The highest BCUT2D eigenvalue weighted by Gasteiger charge is 2.07. The van der Waals surface area contributed by atoms with E-state index in [0.717, 1.165) is 23.2 Å². The van der Waals surface area contributed by atoms with Crippen molar-refractivity contribution in [2.24, 2.45) is 7.05 Å². The summed E-state index contributed by atoms with van der Waals surface area (Å²) >= 11 is 1.56. The topological polar surface area (TPSA) is 81.7 Å². The van der Waals surface area contributed by atoms with E-state index in [-0.39, 0.29) is 6.61 Å². The fourth-order valence-electron chi connectivity index (χ4n) is 1.41. The summed E-state index contributed by atoms with van der Waals surface area (Å²) in [5.41, 5.74) is 0. The van der Waals surface area contributed by atoms with Gasteiger partial charge in [-0.15, -0.1) is 5.10 Å². The van der Waals surface area contributed by atoms with Gasteiger partial charge >= 0.3 is 0 Å². The fraction of sp³-hybridized carbons (Fsp3) is 0.556. The van der Waals surface area contributed by atoms with Crippen molar-refractivity contribution in [2.75, 3.05) is 12.4 Å². The molecule has 0 unspecified atom stereocenters. The van der Waals surface area contributed by atoms with Crippen molar-refractivity contribution in [1.82, 2.24) is 29.8 Å². The van der Waals surface area contributed by atoms with Crippen molar-refractivity contribution in [3.8, 4) is 0 Å². The van der Waals surface area contributed by atoms with Gasteiger partial charge in [0.1, 0.15) is 5.82 Å². The highest BCUT2D eigenvalue weighted by molar-refractivity contribution is 7.99. The maximum absolute atomic E-state index is 8.84. The zero-order valence-corrected chi connectivity index (χ0v) is 10.3. The fourth-order valence-corrected chi connectivity index (χ4v) is 2.24. The van der Waals surface area contributed by atoms with Crippen LogP contribution in [0.3, 0.4) is 0 Å². The molecule has 0 atom stereocenters. The summed E-state index contributed by atoms with van der Waals surface area (Å²) in [5.74, 6) is 1.90. The Morgan fingerprint density at radius 3 is 3.06 bits per heavy atom. The quantitative estimate of drug-likeness (QED) is 0.715. The van der Waals surface area contributed by atoms with E-state index in [2.05, 4.69) is 20.5 Å². The van der Waals surface area contributed by atoms with Crippen molar-refractivity contribution in [2.45, 2.75) is 18.1 Å². The average Bonchev–Trinajstić information content (AvgIpc) is 2.90. The minimum absolute atomic E-state index is 0.0396. The summed E-state index contributed by atoms with van der Waals surface area (Å²) in [6.07, 6.45) is 4.58. The van der Waals surface area contributed by atoms with E-state index in [1.807, 2.05) is 17.8 Å². The first-order valence-electron chi connectivity index (χ1n) is 5.27. The maximum Gasteiger partial charge on any atom is 0.209 e. The van der Waals surface area contributed by atoms with Crippen LogP contribution in [0.25, 0.3) is 0 Å². The van der Waals surface area contributed by atoms with Crippen LogP contribution in [-0.2, 0) is 20.0 Å². The lowest BCUT2D eigenvalue weighted by Gasteiger charge is -2.02. The van der Waals surface area contributed by atoms with E-state index in [1.165, 1.54) is 0 Å². The molecule has 8 heteroatoms. The van der Waals surface area contributed by atoms with Crippen LogP contribution in [0.5, 0.6) is 0 Å². The summed E-state index contributed by atoms with van der Waals surface area (Å²) in [5, 5.41) is 20.8. The number of thioether (sulfide) groups is 1. The molecular formula is C9H14N6OS. The molecule has 0 spiro atoms. The Hall–Kier alpha value is -1.41. The minimum atomic E-state index is 0.0396. The normalized spacial score (nSPS) is 10.9. The molecule has 7 nitrogen and oxygen atoms in total. The molecule has 2 aromatic rings. The van der Waals surface area contributed by atoms with Gasteiger partial charge in [0.05, 0.1) is 13.2 Å². The Balaban J connectivity index is 1.86. The first kappa shape index (κ1) is 12.1. The molecule has 0 radical (unpaired) electrons. The summed E-state index contributed by atoms with van der Waals surface area (Å²) in [6, 6.07) is 0. The zero-order valence-electron chi connectivity index (χ0n) is 9.52. The van der Waals surface area contributed by atoms with E-state index in [0.29, 0.717) is 6.54 Å². The number of aryl methyl sites for hydroxylation is 2. The Kier molecular flexibility index (Phi) is 4.10. The third-order valence-corrected chi connectivity index (χ3v) is 3.25. The molecule has 0 amide bonds. The van der Waals surface area contributed by atoms with Crippen LogP contribution in [0.4, 0.5) is 0 Å². The lowest BCUT2D eigenvalue weighted by Crippen LogP contribution is -2.06. The number of imidazole rings is 1. The number of aliphatic hydroxyl groups is 1. The highest BCUT2D eigenvalue weighted by Crippen LogP contribution is 2.14. The summed E-state index contributed by atoms with van der Waals surface area (Å²) in [4.78, 5) is 4.24. The molecule has 17 heavy (non-hydrogen) atoms.